The van der Waals surface area contributed by atoms with Gasteiger partial charge in [-0.3, -0.25) is 0 Å². The fourth-order valence-corrected chi connectivity index (χ4v) is 5.49. The summed E-state index contributed by atoms with van der Waals surface area (Å²) in [7, 11) is -3.57. The summed E-state index contributed by atoms with van der Waals surface area (Å²) in [6.07, 6.45) is 7.33. The van der Waals surface area contributed by atoms with Gasteiger partial charge in [0.2, 0.25) is 10.0 Å². The van der Waals surface area contributed by atoms with Crippen LogP contribution in [0.15, 0.2) is 29.3 Å². The summed E-state index contributed by atoms with van der Waals surface area (Å²) < 4.78 is 27.8. The van der Waals surface area contributed by atoms with Crippen molar-refractivity contribution in [2.75, 3.05) is 13.1 Å². The number of aromatic nitrogens is 1. The lowest BCUT2D eigenvalue weighted by Gasteiger charge is -2.28. The molecule has 0 unspecified atom stereocenters. The van der Waals surface area contributed by atoms with E-state index in [2.05, 4.69) is 4.98 Å². The second-order valence-corrected chi connectivity index (χ2v) is 9.27. The zero-order chi connectivity index (χ0) is 18.0. The van der Waals surface area contributed by atoms with Gasteiger partial charge < -0.3 is 0 Å². The molecule has 2 aromatic rings. The van der Waals surface area contributed by atoms with Gasteiger partial charge in [0.05, 0.1) is 9.92 Å². The van der Waals surface area contributed by atoms with Crippen LogP contribution in [-0.4, -0.2) is 30.8 Å². The summed E-state index contributed by atoms with van der Waals surface area (Å²) in [5, 5.41) is 1.98. The predicted octanol–water partition coefficient (Wildman–Crippen LogP) is 5.13. The molecule has 1 saturated carbocycles. The van der Waals surface area contributed by atoms with Crippen molar-refractivity contribution in [2.24, 2.45) is 5.92 Å². The van der Waals surface area contributed by atoms with Gasteiger partial charge >= 0.3 is 0 Å². The van der Waals surface area contributed by atoms with Crippen LogP contribution in [0.4, 0.5) is 0 Å². The molecule has 1 aliphatic rings. The first-order chi connectivity index (χ1) is 11.9. The van der Waals surface area contributed by atoms with Crippen molar-refractivity contribution >= 4 is 44.0 Å². The highest BCUT2D eigenvalue weighted by molar-refractivity contribution is 7.89. The molecule has 0 radical (unpaired) electrons. The quantitative estimate of drug-likeness (QED) is 0.653. The first-order valence-corrected chi connectivity index (χ1v) is 10.9. The highest BCUT2D eigenvalue weighted by Gasteiger charge is 2.27. The Morgan fingerprint density at radius 3 is 2.56 bits per heavy atom. The van der Waals surface area contributed by atoms with Gasteiger partial charge in [-0.2, -0.15) is 4.31 Å². The summed E-state index contributed by atoms with van der Waals surface area (Å²) in [5.41, 5.74) is 0. The summed E-state index contributed by atoms with van der Waals surface area (Å²) in [6.45, 7) is 2.92. The smallest absolute Gasteiger partial charge is 0.242 e. The maximum Gasteiger partial charge on any atom is 0.243 e. The Balaban J connectivity index is 1.94. The van der Waals surface area contributed by atoms with Crippen molar-refractivity contribution in [3.8, 4) is 0 Å². The Morgan fingerprint density at radius 1 is 1.16 bits per heavy atom. The zero-order valence-corrected chi connectivity index (χ0v) is 16.5. The highest BCUT2D eigenvalue weighted by Crippen LogP contribution is 2.31. The van der Waals surface area contributed by atoms with Gasteiger partial charge in [0.1, 0.15) is 5.15 Å². The molecular formula is C18H22Cl2N2O2S. The molecule has 0 atom stereocenters. The molecule has 1 aliphatic carbocycles. The average molecular weight is 401 g/mol. The van der Waals surface area contributed by atoms with Crippen molar-refractivity contribution in [3.63, 3.8) is 0 Å². The van der Waals surface area contributed by atoms with E-state index in [0.29, 0.717) is 34.8 Å². The minimum atomic E-state index is -3.57. The van der Waals surface area contributed by atoms with Crippen molar-refractivity contribution in [1.29, 1.82) is 0 Å². The van der Waals surface area contributed by atoms with Gasteiger partial charge in [-0.25, -0.2) is 13.4 Å². The molecule has 0 aliphatic heterocycles. The van der Waals surface area contributed by atoms with Crippen LogP contribution < -0.4 is 0 Å². The standard InChI is InChI=1S/C18H22Cl2N2O2S/c1-2-22(12-13-6-4-3-5-7-13)25(23,24)14-8-9-15-16(10-14)18(20)21-11-17(15)19/h8-11,13H,2-7,12H2,1H3. The van der Waals surface area contributed by atoms with Crippen LogP contribution in [0, 0.1) is 5.92 Å². The molecule has 7 heteroatoms. The summed E-state index contributed by atoms with van der Waals surface area (Å²) >= 11 is 12.3. The Bertz CT molecular complexity index is 865. The van der Waals surface area contributed by atoms with E-state index in [1.54, 1.807) is 22.5 Å². The van der Waals surface area contributed by atoms with E-state index in [0.717, 1.165) is 12.8 Å². The van der Waals surface area contributed by atoms with Gasteiger partial charge in [0.25, 0.3) is 0 Å². The van der Waals surface area contributed by atoms with Crippen molar-refractivity contribution in [3.05, 3.63) is 34.6 Å². The minimum absolute atomic E-state index is 0.239. The number of hydrogen-bond acceptors (Lipinski definition) is 3. The SMILES string of the molecule is CCN(CC1CCCCC1)S(=O)(=O)c1ccc2c(Cl)cnc(Cl)c2c1. The second kappa shape index (κ2) is 7.78. The first kappa shape index (κ1) is 18.9. The number of sulfonamides is 1. The maximum atomic E-state index is 13.1. The molecule has 25 heavy (non-hydrogen) atoms. The summed E-state index contributed by atoms with van der Waals surface area (Å²) in [5.74, 6) is 0.448. The Hall–Kier alpha value is -0.880. The highest BCUT2D eigenvalue weighted by atomic mass is 35.5. The van der Waals surface area contributed by atoms with Crippen LogP contribution >= 0.6 is 23.2 Å². The molecule has 1 aromatic carbocycles. The molecule has 1 heterocycles. The Labute approximate surface area is 159 Å². The molecule has 0 saturated heterocycles. The number of benzene rings is 1. The predicted molar refractivity (Wildman–Crippen MR) is 103 cm³/mol. The third kappa shape index (κ3) is 3.95. The molecule has 4 nitrogen and oxygen atoms in total. The maximum absolute atomic E-state index is 13.1. The number of fused-ring (bicyclic) bond motifs is 1. The fourth-order valence-electron chi connectivity index (χ4n) is 3.52. The van der Waals surface area contributed by atoms with Crippen molar-refractivity contribution in [2.45, 2.75) is 43.9 Å². The molecule has 0 amide bonds. The average Bonchev–Trinajstić information content (AvgIpc) is 2.63. The Morgan fingerprint density at radius 2 is 1.88 bits per heavy atom. The van der Waals surface area contributed by atoms with Crippen LogP contribution in [0.5, 0.6) is 0 Å². The second-order valence-electron chi connectivity index (χ2n) is 6.56. The van der Waals surface area contributed by atoms with E-state index in [1.165, 1.54) is 25.5 Å². The van der Waals surface area contributed by atoms with Gasteiger partial charge in [0, 0.05) is 30.1 Å². The molecule has 0 N–H and O–H groups in total. The zero-order valence-electron chi connectivity index (χ0n) is 14.2. The molecular weight excluding hydrogens is 379 g/mol. The van der Waals surface area contributed by atoms with Gasteiger partial charge in [-0.15, -0.1) is 0 Å². The molecule has 0 bridgehead atoms. The first-order valence-electron chi connectivity index (χ1n) is 8.67. The normalized spacial score (nSPS) is 16.6. The summed E-state index contributed by atoms with van der Waals surface area (Å²) in [4.78, 5) is 4.25. The number of hydrogen-bond donors (Lipinski definition) is 0. The molecule has 1 aromatic heterocycles. The monoisotopic (exact) mass is 400 g/mol. The van der Waals surface area contributed by atoms with E-state index < -0.39 is 10.0 Å². The van der Waals surface area contributed by atoms with E-state index >= 15 is 0 Å². The minimum Gasteiger partial charge on any atom is -0.242 e. The van der Waals surface area contributed by atoms with Crippen LogP contribution in [-0.2, 0) is 10.0 Å². The lowest BCUT2D eigenvalue weighted by atomic mass is 9.89. The number of pyridine rings is 1. The van der Waals surface area contributed by atoms with Crippen LogP contribution in [0.25, 0.3) is 10.8 Å². The molecule has 3 rings (SSSR count). The lowest BCUT2D eigenvalue weighted by Crippen LogP contribution is -2.35. The molecule has 136 valence electrons. The Kier molecular flexibility index (Phi) is 5.88. The van der Waals surface area contributed by atoms with E-state index in [9.17, 15) is 8.42 Å². The van der Waals surface area contributed by atoms with Gasteiger partial charge in [-0.05, 0) is 30.9 Å². The van der Waals surface area contributed by atoms with E-state index in [-0.39, 0.29) is 10.0 Å². The van der Waals surface area contributed by atoms with Gasteiger partial charge in [-0.1, -0.05) is 55.5 Å². The summed E-state index contributed by atoms with van der Waals surface area (Å²) in [6, 6.07) is 4.88. The van der Waals surface area contributed by atoms with Crippen LogP contribution in [0.1, 0.15) is 39.0 Å². The largest absolute Gasteiger partial charge is 0.243 e. The number of halogens is 2. The van der Waals surface area contributed by atoms with E-state index in [1.807, 2.05) is 6.92 Å². The van der Waals surface area contributed by atoms with Crippen molar-refractivity contribution < 1.29 is 8.42 Å². The van der Waals surface area contributed by atoms with Crippen molar-refractivity contribution in [1.82, 2.24) is 9.29 Å². The topological polar surface area (TPSA) is 50.3 Å². The van der Waals surface area contributed by atoms with Gasteiger partial charge in [0.15, 0.2) is 0 Å². The van der Waals surface area contributed by atoms with Crippen LogP contribution in [0.2, 0.25) is 10.2 Å². The lowest BCUT2D eigenvalue weighted by molar-refractivity contribution is 0.284. The van der Waals surface area contributed by atoms with E-state index in [4.69, 9.17) is 23.2 Å². The number of nitrogens with zero attached hydrogens (tertiary/aromatic N) is 2. The fraction of sp³-hybridized carbons (Fsp3) is 0.500. The molecule has 0 spiro atoms. The number of rotatable bonds is 5. The third-order valence-electron chi connectivity index (χ3n) is 4.94. The third-order valence-corrected chi connectivity index (χ3v) is 7.48. The van der Waals surface area contributed by atoms with Crippen LogP contribution in [0.3, 0.4) is 0 Å². The molecule has 1 fully saturated rings.